The van der Waals surface area contributed by atoms with Gasteiger partial charge in [0, 0.05) is 19.0 Å². The molecule has 1 aliphatic rings. The van der Waals surface area contributed by atoms with Crippen LogP contribution in [0, 0.1) is 5.92 Å². The molecule has 0 aromatic carbocycles. The third kappa shape index (κ3) is 4.45. The fourth-order valence-electron chi connectivity index (χ4n) is 3.14. The van der Waals surface area contributed by atoms with Gasteiger partial charge in [-0.25, -0.2) is 15.0 Å². The highest BCUT2D eigenvalue weighted by Crippen LogP contribution is 2.26. The minimum absolute atomic E-state index is 0.0507. The van der Waals surface area contributed by atoms with Gasteiger partial charge in [0.25, 0.3) is 11.8 Å². The van der Waals surface area contributed by atoms with Gasteiger partial charge in [0.15, 0.2) is 11.5 Å². The van der Waals surface area contributed by atoms with E-state index < -0.39 is 11.8 Å². The van der Waals surface area contributed by atoms with E-state index in [0.29, 0.717) is 25.7 Å². The highest BCUT2D eigenvalue weighted by Gasteiger charge is 2.29. The molecule has 3 rings (SSSR count). The standard InChI is InChI=1S/C17H20ClN7O3/c1-19-16(27)12-13(22-8-21-12)17(28)24-10-4-2-9(3-5-10)15(26)25-14-11(18)6-20-7-23-14/h6-10H,2-5H2,1H3,(H,19,27)(H,21,22)(H,24,28)(H,20,23,25,26)/t9-,10-. The average molecular weight is 406 g/mol. The zero-order chi connectivity index (χ0) is 20.1. The van der Waals surface area contributed by atoms with Crippen molar-refractivity contribution >= 4 is 35.1 Å². The number of carbonyl (C=O) groups excluding carboxylic acids is 3. The Labute approximate surface area is 165 Å². The van der Waals surface area contributed by atoms with Crippen molar-refractivity contribution in [2.75, 3.05) is 12.4 Å². The first-order valence-corrected chi connectivity index (χ1v) is 9.20. The quantitative estimate of drug-likeness (QED) is 0.587. The lowest BCUT2D eigenvalue weighted by molar-refractivity contribution is -0.120. The molecule has 0 saturated heterocycles. The van der Waals surface area contributed by atoms with Crippen molar-refractivity contribution in [3.63, 3.8) is 0 Å². The van der Waals surface area contributed by atoms with Crippen molar-refractivity contribution < 1.29 is 14.4 Å². The molecule has 1 saturated carbocycles. The number of nitrogens with zero attached hydrogens (tertiary/aromatic N) is 3. The van der Waals surface area contributed by atoms with Gasteiger partial charge in [-0.2, -0.15) is 0 Å². The van der Waals surface area contributed by atoms with Gasteiger partial charge in [0.1, 0.15) is 17.0 Å². The maximum atomic E-state index is 12.4. The summed E-state index contributed by atoms with van der Waals surface area (Å²) in [6.07, 6.45) is 6.56. The van der Waals surface area contributed by atoms with Crippen molar-refractivity contribution in [2.24, 2.45) is 5.92 Å². The molecule has 1 aliphatic carbocycles. The summed E-state index contributed by atoms with van der Waals surface area (Å²) in [6, 6.07) is -0.0833. The van der Waals surface area contributed by atoms with E-state index in [-0.39, 0.29) is 40.1 Å². The molecule has 3 amide bonds. The molecule has 28 heavy (non-hydrogen) atoms. The summed E-state index contributed by atoms with van der Waals surface area (Å²) in [4.78, 5) is 50.9. The Morgan fingerprint density at radius 2 is 1.89 bits per heavy atom. The molecule has 148 valence electrons. The number of rotatable bonds is 5. The van der Waals surface area contributed by atoms with Crippen molar-refractivity contribution in [3.8, 4) is 0 Å². The van der Waals surface area contributed by atoms with E-state index in [1.54, 1.807) is 0 Å². The summed E-state index contributed by atoms with van der Waals surface area (Å²) in [5.74, 6) is -0.876. The number of anilines is 1. The molecule has 0 spiro atoms. The maximum Gasteiger partial charge on any atom is 0.272 e. The lowest BCUT2D eigenvalue weighted by atomic mass is 9.85. The Kier molecular flexibility index (Phi) is 6.19. The van der Waals surface area contributed by atoms with Crippen molar-refractivity contribution in [3.05, 3.63) is 35.3 Å². The third-order valence-electron chi connectivity index (χ3n) is 4.65. The second-order valence-corrected chi connectivity index (χ2v) is 6.84. The van der Waals surface area contributed by atoms with Gasteiger partial charge >= 0.3 is 0 Å². The molecular formula is C17H20ClN7O3. The van der Waals surface area contributed by atoms with Crippen LogP contribution in [0.3, 0.4) is 0 Å². The first kappa shape index (κ1) is 19.7. The van der Waals surface area contributed by atoms with E-state index in [4.69, 9.17) is 11.6 Å². The number of aromatic nitrogens is 4. The van der Waals surface area contributed by atoms with E-state index in [9.17, 15) is 14.4 Å². The van der Waals surface area contributed by atoms with Crippen molar-refractivity contribution in [2.45, 2.75) is 31.7 Å². The van der Waals surface area contributed by atoms with Crippen molar-refractivity contribution in [1.29, 1.82) is 0 Å². The molecule has 4 N–H and O–H groups in total. The van der Waals surface area contributed by atoms with Gasteiger partial charge in [0.2, 0.25) is 5.91 Å². The van der Waals surface area contributed by atoms with Crippen LogP contribution in [0.5, 0.6) is 0 Å². The van der Waals surface area contributed by atoms with Gasteiger partial charge in [-0.1, -0.05) is 11.6 Å². The smallest absolute Gasteiger partial charge is 0.272 e. The van der Waals surface area contributed by atoms with Gasteiger partial charge < -0.3 is 20.9 Å². The number of imidazole rings is 1. The van der Waals surface area contributed by atoms with E-state index in [2.05, 4.69) is 35.9 Å². The minimum atomic E-state index is -0.435. The summed E-state index contributed by atoms with van der Waals surface area (Å²) in [7, 11) is 1.47. The molecule has 10 nitrogen and oxygen atoms in total. The van der Waals surface area contributed by atoms with Crippen LogP contribution in [0.25, 0.3) is 0 Å². The molecule has 2 aromatic heterocycles. The summed E-state index contributed by atoms with van der Waals surface area (Å²) in [5, 5.41) is 8.34. The lowest BCUT2D eigenvalue weighted by Gasteiger charge is -2.28. The fraction of sp³-hybridized carbons (Fsp3) is 0.412. The Morgan fingerprint density at radius 1 is 1.14 bits per heavy atom. The summed E-state index contributed by atoms with van der Waals surface area (Å²) >= 11 is 5.96. The second kappa shape index (κ2) is 8.79. The van der Waals surface area contributed by atoms with Crippen LogP contribution in [0.2, 0.25) is 5.02 Å². The maximum absolute atomic E-state index is 12.4. The average Bonchev–Trinajstić information content (AvgIpc) is 3.19. The highest BCUT2D eigenvalue weighted by molar-refractivity contribution is 6.33. The number of hydrogen-bond acceptors (Lipinski definition) is 6. The van der Waals surface area contributed by atoms with Crippen LogP contribution in [-0.2, 0) is 4.79 Å². The molecule has 0 atom stereocenters. The van der Waals surface area contributed by atoms with Crippen LogP contribution in [0.15, 0.2) is 18.9 Å². The number of hydrogen-bond donors (Lipinski definition) is 4. The van der Waals surface area contributed by atoms with Crippen molar-refractivity contribution in [1.82, 2.24) is 30.6 Å². The van der Waals surface area contributed by atoms with Crippen LogP contribution in [0.1, 0.15) is 46.7 Å². The van der Waals surface area contributed by atoms with E-state index in [0.717, 1.165) is 0 Å². The first-order chi connectivity index (χ1) is 13.5. The number of carbonyl (C=O) groups is 3. The molecule has 0 aliphatic heterocycles. The topological polar surface area (TPSA) is 142 Å². The van der Waals surface area contributed by atoms with Crippen LogP contribution < -0.4 is 16.0 Å². The van der Waals surface area contributed by atoms with Gasteiger partial charge in [-0.15, -0.1) is 0 Å². The minimum Gasteiger partial charge on any atom is -0.354 e. The highest BCUT2D eigenvalue weighted by atomic mass is 35.5. The predicted octanol–water partition coefficient (Wildman–Crippen LogP) is 1.14. The number of aromatic amines is 1. The van der Waals surface area contributed by atoms with E-state index in [1.165, 1.54) is 25.9 Å². The van der Waals surface area contributed by atoms with Gasteiger partial charge in [-0.05, 0) is 25.7 Å². The zero-order valence-electron chi connectivity index (χ0n) is 15.2. The summed E-state index contributed by atoms with van der Waals surface area (Å²) in [6.45, 7) is 0. The van der Waals surface area contributed by atoms with Gasteiger partial charge in [-0.3, -0.25) is 14.4 Å². The summed E-state index contributed by atoms with van der Waals surface area (Å²) < 4.78 is 0. The molecule has 1 fully saturated rings. The largest absolute Gasteiger partial charge is 0.354 e. The third-order valence-corrected chi connectivity index (χ3v) is 4.93. The molecule has 11 heteroatoms. The fourth-order valence-corrected chi connectivity index (χ4v) is 3.29. The van der Waals surface area contributed by atoms with Crippen LogP contribution in [-0.4, -0.2) is 50.7 Å². The molecule has 0 bridgehead atoms. The van der Waals surface area contributed by atoms with Crippen LogP contribution in [0.4, 0.5) is 5.82 Å². The number of H-pyrrole nitrogens is 1. The zero-order valence-corrected chi connectivity index (χ0v) is 15.9. The molecule has 2 heterocycles. The predicted molar refractivity (Wildman–Crippen MR) is 101 cm³/mol. The number of nitrogens with one attached hydrogen (secondary N) is 4. The first-order valence-electron chi connectivity index (χ1n) is 8.82. The molecule has 0 radical (unpaired) electrons. The number of amides is 3. The molecule has 0 unspecified atom stereocenters. The number of halogens is 1. The van der Waals surface area contributed by atoms with Crippen LogP contribution >= 0.6 is 11.6 Å². The van der Waals surface area contributed by atoms with E-state index >= 15 is 0 Å². The Balaban J connectivity index is 1.52. The molecular weight excluding hydrogens is 386 g/mol. The monoisotopic (exact) mass is 405 g/mol. The SMILES string of the molecule is CNC(=O)c1nc[nH]c1C(=O)N[C@H]1CC[C@H](C(=O)Nc2ncncc2Cl)CC1. The normalized spacial score (nSPS) is 18.9. The molecule has 2 aromatic rings. The summed E-state index contributed by atoms with van der Waals surface area (Å²) in [5.41, 5.74) is 0.174. The lowest BCUT2D eigenvalue weighted by Crippen LogP contribution is -2.40. The van der Waals surface area contributed by atoms with E-state index in [1.807, 2.05) is 0 Å². The second-order valence-electron chi connectivity index (χ2n) is 6.44. The van der Waals surface area contributed by atoms with Gasteiger partial charge in [0.05, 0.1) is 12.5 Å². The Morgan fingerprint density at radius 3 is 2.57 bits per heavy atom. The Hall–Kier alpha value is -3.01. The Bertz CT molecular complexity index is 877.